The minimum Gasteiger partial charge on any atom is -0.481 e. The van der Waals surface area contributed by atoms with Crippen LogP contribution in [0.15, 0.2) is 36.4 Å². The zero-order chi connectivity index (χ0) is 15.7. The smallest absolute Gasteiger partial charge is 0.308 e. The average Bonchev–Trinajstić information content (AvgIpc) is 3.35. The number of pyridine rings is 1. The normalized spacial score (nSPS) is 15.5. The second-order valence-electron chi connectivity index (χ2n) is 5.82. The molecule has 2 aromatic rings. The predicted octanol–water partition coefficient (Wildman–Crippen LogP) is 2.56. The van der Waals surface area contributed by atoms with Crippen LogP contribution in [-0.4, -0.2) is 39.5 Å². The molecular formula is C17H18N2O3. The minimum atomic E-state index is -0.884. The Morgan fingerprint density at radius 1 is 1.27 bits per heavy atom. The second kappa shape index (κ2) is 5.75. The van der Waals surface area contributed by atoms with E-state index in [9.17, 15) is 9.59 Å². The molecule has 1 aromatic heterocycles. The van der Waals surface area contributed by atoms with Crippen LogP contribution in [-0.2, 0) is 4.79 Å². The lowest BCUT2D eigenvalue weighted by Gasteiger charge is -2.24. The highest BCUT2D eigenvalue weighted by molar-refractivity contribution is 5.95. The number of aliphatic carboxylic acids is 1. The summed E-state index contributed by atoms with van der Waals surface area (Å²) in [6.45, 7) is 1.85. The highest BCUT2D eigenvalue weighted by atomic mass is 16.4. The molecule has 0 saturated heterocycles. The van der Waals surface area contributed by atoms with Crippen molar-refractivity contribution >= 4 is 22.8 Å². The fourth-order valence-corrected chi connectivity index (χ4v) is 2.49. The largest absolute Gasteiger partial charge is 0.481 e. The first-order chi connectivity index (χ1) is 10.6. The number of benzene rings is 1. The molecule has 1 amide bonds. The fraction of sp³-hybridized carbons (Fsp3) is 0.353. The monoisotopic (exact) mass is 298 g/mol. The van der Waals surface area contributed by atoms with E-state index in [1.54, 1.807) is 17.9 Å². The van der Waals surface area contributed by atoms with Crippen LogP contribution in [0.5, 0.6) is 0 Å². The number of nitrogens with zero attached hydrogens (tertiary/aromatic N) is 2. The summed E-state index contributed by atoms with van der Waals surface area (Å²) in [6, 6.07) is 11.4. The Bertz CT molecular complexity index is 725. The number of carbonyl (C=O) groups excluding carboxylic acids is 1. The molecule has 1 heterocycles. The van der Waals surface area contributed by atoms with Crippen LogP contribution >= 0.6 is 0 Å². The van der Waals surface area contributed by atoms with E-state index in [0.29, 0.717) is 5.69 Å². The highest BCUT2D eigenvalue weighted by Gasteiger charge is 2.35. The maximum atomic E-state index is 12.7. The number of hydrogen-bond acceptors (Lipinski definition) is 3. The summed E-state index contributed by atoms with van der Waals surface area (Å²) < 4.78 is 0. The van der Waals surface area contributed by atoms with E-state index >= 15 is 0 Å². The van der Waals surface area contributed by atoms with E-state index in [4.69, 9.17) is 5.11 Å². The number of carbonyl (C=O) groups is 2. The van der Waals surface area contributed by atoms with Gasteiger partial charge in [-0.25, -0.2) is 4.98 Å². The standard InChI is InChI=1S/C17H18N2O3/c1-11(17(21)22)10-19(13-7-8-13)16(20)15-9-6-12-4-2-3-5-14(12)18-15/h2-6,9,11,13H,7-8,10H2,1H3,(H,21,22). The SMILES string of the molecule is CC(CN(C(=O)c1ccc2ccccc2n1)C1CC1)C(=O)O. The quantitative estimate of drug-likeness (QED) is 0.921. The summed E-state index contributed by atoms with van der Waals surface area (Å²) in [5.41, 5.74) is 1.15. The first-order valence-electron chi connectivity index (χ1n) is 7.46. The van der Waals surface area contributed by atoms with Gasteiger partial charge in [-0.1, -0.05) is 31.2 Å². The molecule has 1 fully saturated rings. The fourth-order valence-electron chi connectivity index (χ4n) is 2.49. The van der Waals surface area contributed by atoms with Gasteiger partial charge in [-0.3, -0.25) is 9.59 Å². The van der Waals surface area contributed by atoms with Crippen LogP contribution in [0.4, 0.5) is 0 Å². The molecule has 0 aliphatic heterocycles. The Morgan fingerprint density at radius 2 is 2.00 bits per heavy atom. The maximum Gasteiger partial charge on any atom is 0.308 e. The number of hydrogen-bond donors (Lipinski definition) is 1. The van der Waals surface area contributed by atoms with Crippen LogP contribution < -0.4 is 0 Å². The van der Waals surface area contributed by atoms with Crippen LogP contribution in [0.2, 0.25) is 0 Å². The Kier molecular flexibility index (Phi) is 3.79. The molecule has 1 N–H and O–H groups in total. The third kappa shape index (κ3) is 2.93. The average molecular weight is 298 g/mol. The van der Waals surface area contributed by atoms with E-state index in [1.165, 1.54) is 0 Å². The van der Waals surface area contributed by atoms with Crippen LogP contribution in [0.3, 0.4) is 0 Å². The third-order valence-electron chi connectivity index (χ3n) is 3.96. The molecule has 3 rings (SSSR count). The van der Waals surface area contributed by atoms with Gasteiger partial charge in [0.1, 0.15) is 5.69 Å². The van der Waals surface area contributed by atoms with Crippen LogP contribution in [0.25, 0.3) is 10.9 Å². The zero-order valence-electron chi connectivity index (χ0n) is 12.4. The van der Waals surface area contributed by atoms with Crippen molar-refractivity contribution in [3.8, 4) is 0 Å². The van der Waals surface area contributed by atoms with Crippen LogP contribution in [0, 0.1) is 5.92 Å². The zero-order valence-corrected chi connectivity index (χ0v) is 12.4. The molecule has 1 saturated carbocycles. The maximum absolute atomic E-state index is 12.7. The summed E-state index contributed by atoms with van der Waals surface area (Å²) in [5, 5.41) is 10.1. The topological polar surface area (TPSA) is 70.5 Å². The van der Waals surface area contributed by atoms with Gasteiger partial charge in [0.25, 0.3) is 5.91 Å². The van der Waals surface area contributed by atoms with Gasteiger partial charge in [-0.15, -0.1) is 0 Å². The van der Waals surface area contributed by atoms with E-state index in [-0.39, 0.29) is 18.5 Å². The highest BCUT2D eigenvalue weighted by Crippen LogP contribution is 2.29. The van der Waals surface area contributed by atoms with Gasteiger partial charge >= 0.3 is 5.97 Å². The summed E-state index contributed by atoms with van der Waals surface area (Å²) in [4.78, 5) is 29.8. The van der Waals surface area contributed by atoms with Crippen molar-refractivity contribution in [2.24, 2.45) is 5.92 Å². The second-order valence-corrected chi connectivity index (χ2v) is 5.82. The van der Waals surface area contributed by atoms with E-state index < -0.39 is 11.9 Å². The summed E-state index contributed by atoms with van der Waals surface area (Å²) in [7, 11) is 0. The van der Waals surface area contributed by atoms with Gasteiger partial charge in [-0.05, 0) is 25.0 Å². The number of rotatable bonds is 5. The van der Waals surface area contributed by atoms with Crippen LogP contribution in [0.1, 0.15) is 30.3 Å². The van der Waals surface area contributed by atoms with Gasteiger partial charge in [0.05, 0.1) is 11.4 Å². The molecule has 1 unspecified atom stereocenters. The Morgan fingerprint density at radius 3 is 2.68 bits per heavy atom. The molecule has 114 valence electrons. The van der Waals surface area contributed by atoms with Gasteiger partial charge in [0, 0.05) is 18.0 Å². The molecule has 22 heavy (non-hydrogen) atoms. The molecule has 0 bridgehead atoms. The molecule has 5 heteroatoms. The van der Waals surface area contributed by atoms with Crippen molar-refractivity contribution in [1.29, 1.82) is 0 Å². The number of fused-ring (bicyclic) bond motifs is 1. The molecule has 0 radical (unpaired) electrons. The molecule has 1 aliphatic rings. The number of amides is 1. The summed E-state index contributed by atoms with van der Waals surface area (Å²) in [6.07, 6.45) is 1.87. The molecular weight excluding hydrogens is 280 g/mol. The van der Waals surface area contributed by atoms with Crippen molar-refractivity contribution in [2.45, 2.75) is 25.8 Å². The summed E-state index contributed by atoms with van der Waals surface area (Å²) >= 11 is 0. The third-order valence-corrected chi connectivity index (χ3v) is 3.96. The Labute approximate surface area is 128 Å². The first kappa shape index (κ1) is 14.5. The number of carboxylic acid groups (broad SMARTS) is 1. The van der Waals surface area contributed by atoms with Gasteiger partial charge in [0.15, 0.2) is 0 Å². The first-order valence-corrected chi connectivity index (χ1v) is 7.46. The van der Waals surface area contributed by atoms with Gasteiger partial charge < -0.3 is 10.0 Å². The van der Waals surface area contributed by atoms with Crippen molar-refractivity contribution < 1.29 is 14.7 Å². The van der Waals surface area contributed by atoms with Crippen molar-refractivity contribution in [1.82, 2.24) is 9.88 Å². The molecule has 0 spiro atoms. The minimum absolute atomic E-state index is 0.155. The lowest BCUT2D eigenvalue weighted by Crippen LogP contribution is -2.39. The lowest BCUT2D eigenvalue weighted by molar-refractivity contribution is -0.141. The number of para-hydroxylation sites is 1. The van der Waals surface area contributed by atoms with E-state index in [2.05, 4.69) is 4.98 Å². The van der Waals surface area contributed by atoms with Gasteiger partial charge in [0.2, 0.25) is 0 Å². The number of aromatic nitrogens is 1. The number of carboxylic acids is 1. The lowest BCUT2D eigenvalue weighted by atomic mass is 10.1. The Hall–Kier alpha value is -2.43. The van der Waals surface area contributed by atoms with E-state index in [0.717, 1.165) is 23.7 Å². The molecule has 5 nitrogen and oxygen atoms in total. The summed E-state index contributed by atoms with van der Waals surface area (Å²) in [5.74, 6) is -1.64. The van der Waals surface area contributed by atoms with Crippen molar-refractivity contribution in [3.05, 3.63) is 42.1 Å². The molecule has 1 aromatic carbocycles. The van der Waals surface area contributed by atoms with E-state index in [1.807, 2.05) is 30.3 Å². The molecule has 1 aliphatic carbocycles. The van der Waals surface area contributed by atoms with Crippen molar-refractivity contribution in [3.63, 3.8) is 0 Å². The predicted molar refractivity (Wildman–Crippen MR) is 82.6 cm³/mol. The molecule has 1 atom stereocenters. The van der Waals surface area contributed by atoms with Gasteiger partial charge in [-0.2, -0.15) is 0 Å². The van der Waals surface area contributed by atoms with Crippen molar-refractivity contribution in [2.75, 3.05) is 6.54 Å². The Balaban J connectivity index is 1.86.